The fraction of sp³-hybridized carbons (Fsp3) is 0.160. The Morgan fingerprint density at radius 3 is 2.06 bits per heavy atom. The first-order valence-corrected chi connectivity index (χ1v) is 10.2. The molecule has 1 aliphatic carbocycles. The molecule has 4 N–H and O–H groups in total. The van der Waals surface area contributed by atoms with Gasteiger partial charge in [-0.25, -0.2) is 9.59 Å². The van der Waals surface area contributed by atoms with Crippen LogP contribution in [0.25, 0.3) is 11.1 Å². The minimum Gasteiger partial charge on any atom is -0.480 e. The third-order valence-corrected chi connectivity index (χ3v) is 5.58. The predicted octanol–water partition coefficient (Wildman–Crippen LogP) is 3.83. The number of aliphatic carboxylic acids is 1. The van der Waals surface area contributed by atoms with E-state index < -0.39 is 30.3 Å². The van der Waals surface area contributed by atoms with Crippen LogP contribution >= 0.6 is 0 Å². The Morgan fingerprint density at radius 1 is 0.906 bits per heavy atom. The first-order valence-electron chi connectivity index (χ1n) is 10.2. The smallest absolute Gasteiger partial charge is 0.407 e. The number of hydrogen-bond acceptors (Lipinski definition) is 5. The Bertz CT molecular complexity index is 1140. The van der Waals surface area contributed by atoms with Gasteiger partial charge in [-0.2, -0.15) is 0 Å². The quantitative estimate of drug-likeness (QED) is 0.387. The molecule has 7 heteroatoms. The van der Waals surface area contributed by atoms with Crippen molar-refractivity contribution in [3.8, 4) is 11.1 Å². The van der Waals surface area contributed by atoms with Crippen LogP contribution in [0.15, 0.2) is 72.8 Å². The molecule has 0 unspecified atom stereocenters. The number of hydrogen-bond donors (Lipinski definition) is 3. The Balaban J connectivity index is 1.42. The van der Waals surface area contributed by atoms with Gasteiger partial charge in [0.15, 0.2) is 5.78 Å². The molecule has 7 nitrogen and oxygen atoms in total. The van der Waals surface area contributed by atoms with Crippen LogP contribution < -0.4 is 11.1 Å². The Labute approximate surface area is 184 Å². The van der Waals surface area contributed by atoms with E-state index in [9.17, 15) is 19.5 Å². The van der Waals surface area contributed by atoms with Crippen LogP contribution in [0.2, 0.25) is 0 Å². The van der Waals surface area contributed by atoms with Crippen molar-refractivity contribution in [2.24, 2.45) is 0 Å². The van der Waals surface area contributed by atoms with Crippen molar-refractivity contribution in [1.82, 2.24) is 5.32 Å². The van der Waals surface area contributed by atoms with E-state index in [0.717, 1.165) is 22.3 Å². The predicted molar refractivity (Wildman–Crippen MR) is 119 cm³/mol. The number of amides is 1. The number of nitrogens with two attached hydrogens (primary N) is 1. The number of alkyl carbamates (subject to hydrolysis) is 1. The van der Waals surface area contributed by atoms with Crippen LogP contribution in [-0.2, 0) is 9.53 Å². The van der Waals surface area contributed by atoms with E-state index >= 15 is 0 Å². The van der Waals surface area contributed by atoms with Gasteiger partial charge < -0.3 is 20.9 Å². The average Bonchev–Trinajstić information content (AvgIpc) is 3.11. The molecule has 3 aromatic rings. The number of Topliss-reactive ketones (excluding diaryl/α,β-unsaturated/α-hetero) is 1. The number of carbonyl (C=O) groups is 3. The molecule has 4 rings (SSSR count). The standard InChI is InChI=1S/C25H22N2O5/c26-21-12-6-5-11-19(21)23(28)13-22(24(29)30)27-25(31)32-14-20-17-9-3-1-7-15(17)16-8-2-4-10-18(16)20/h1-12,20,22H,13-14,26H2,(H,27,31)(H,29,30)/t22-/m1/s1. The van der Waals surface area contributed by atoms with Gasteiger partial charge in [-0.05, 0) is 34.4 Å². The fourth-order valence-corrected chi connectivity index (χ4v) is 4.03. The molecule has 0 spiro atoms. The highest BCUT2D eigenvalue weighted by molar-refractivity contribution is 6.03. The topological polar surface area (TPSA) is 119 Å². The van der Waals surface area contributed by atoms with E-state index in [2.05, 4.69) is 5.32 Å². The normalized spacial score (nSPS) is 13.0. The largest absolute Gasteiger partial charge is 0.480 e. The van der Waals surface area contributed by atoms with Crippen LogP contribution in [-0.4, -0.2) is 35.6 Å². The fourth-order valence-electron chi connectivity index (χ4n) is 4.03. The maximum absolute atomic E-state index is 12.5. The zero-order valence-electron chi connectivity index (χ0n) is 17.2. The number of anilines is 1. The minimum absolute atomic E-state index is 0.0474. The van der Waals surface area contributed by atoms with Crippen LogP contribution in [0.1, 0.15) is 33.8 Å². The second-order valence-corrected chi connectivity index (χ2v) is 7.58. The van der Waals surface area contributed by atoms with Gasteiger partial charge in [-0.1, -0.05) is 60.7 Å². The second kappa shape index (κ2) is 8.93. The Kier molecular flexibility index (Phi) is 5.89. The van der Waals surface area contributed by atoms with E-state index in [-0.39, 0.29) is 23.8 Å². The Morgan fingerprint density at radius 2 is 1.47 bits per heavy atom. The van der Waals surface area contributed by atoms with Crippen molar-refractivity contribution in [1.29, 1.82) is 0 Å². The molecule has 0 radical (unpaired) electrons. The molecule has 3 aromatic carbocycles. The van der Waals surface area contributed by atoms with Crippen LogP contribution in [0.5, 0.6) is 0 Å². The first kappa shape index (κ1) is 21.1. The first-order chi connectivity index (χ1) is 15.5. The van der Waals surface area contributed by atoms with Gasteiger partial charge in [0.1, 0.15) is 12.6 Å². The maximum Gasteiger partial charge on any atom is 0.407 e. The van der Waals surface area contributed by atoms with E-state index in [0.29, 0.717) is 0 Å². The summed E-state index contributed by atoms with van der Waals surface area (Å²) in [5, 5.41) is 11.8. The molecular formula is C25H22N2O5. The van der Waals surface area contributed by atoms with Gasteiger partial charge in [0.05, 0.1) is 0 Å². The van der Waals surface area contributed by atoms with Crippen LogP contribution in [0.4, 0.5) is 10.5 Å². The number of nitrogen functional groups attached to an aromatic ring is 1. The van der Waals surface area contributed by atoms with Crippen molar-refractivity contribution in [3.05, 3.63) is 89.5 Å². The van der Waals surface area contributed by atoms with Crippen molar-refractivity contribution >= 4 is 23.5 Å². The van der Waals surface area contributed by atoms with Crippen LogP contribution in [0, 0.1) is 0 Å². The van der Waals surface area contributed by atoms with Gasteiger partial charge >= 0.3 is 12.1 Å². The number of rotatable bonds is 7. The number of benzene rings is 3. The summed E-state index contributed by atoms with van der Waals surface area (Å²) in [6.45, 7) is 0.0474. The summed E-state index contributed by atoms with van der Waals surface area (Å²) in [6.07, 6.45) is -1.33. The van der Waals surface area contributed by atoms with Crippen molar-refractivity contribution in [3.63, 3.8) is 0 Å². The van der Waals surface area contributed by atoms with Crippen molar-refractivity contribution < 1.29 is 24.2 Å². The number of fused-ring (bicyclic) bond motifs is 3. The number of carboxylic acids is 1. The molecule has 1 aliphatic rings. The number of ketones is 1. The van der Waals surface area contributed by atoms with E-state index in [1.165, 1.54) is 6.07 Å². The van der Waals surface area contributed by atoms with Gasteiger partial charge in [0.2, 0.25) is 0 Å². The highest BCUT2D eigenvalue weighted by Gasteiger charge is 2.30. The number of carboxylic acid groups (broad SMARTS) is 1. The van der Waals surface area contributed by atoms with Gasteiger partial charge in [0, 0.05) is 23.6 Å². The summed E-state index contributed by atoms with van der Waals surface area (Å²) >= 11 is 0. The Hall–Kier alpha value is -4.13. The van der Waals surface area contributed by atoms with Gasteiger partial charge in [-0.15, -0.1) is 0 Å². The summed E-state index contributed by atoms with van der Waals surface area (Å²) < 4.78 is 5.38. The molecule has 0 saturated carbocycles. The number of ether oxygens (including phenoxy) is 1. The average molecular weight is 430 g/mol. The summed E-state index contributed by atoms with van der Waals surface area (Å²) in [5.41, 5.74) is 10.5. The second-order valence-electron chi connectivity index (χ2n) is 7.58. The number of para-hydroxylation sites is 1. The van der Waals surface area contributed by atoms with Crippen molar-refractivity contribution in [2.75, 3.05) is 12.3 Å². The monoisotopic (exact) mass is 430 g/mol. The molecule has 0 bridgehead atoms. The SMILES string of the molecule is Nc1ccccc1C(=O)C[C@@H](NC(=O)OCC1c2ccccc2-c2ccccc21)C(=O)O. The molecule has 1 atom stereocenters. The molecule has 162 valence electrons. The summed E-state index contributed by atoms with van der Waals surface area (Å²) in [7, 11) is 0. The highest BCUT2D eigenvalue weighted by Crippen LogP contribution is 2.44. The molecule has 0 saturated heterocycles. The molecule has 0 aromatic heterocycles. The van der Waals surface area contributed by atoms with Crippen LogP contribution in [0.3, 0.4) is 0 Å². The third-order valence-electron chi connectivity index (χ3n) is 5.58. The molecule has 1 amide bonds. The van der Waals surface area contributed by atoms with E-state index in [4.69, 9.17) is 10.5 Å². The third kappa shape index (κ3) is 4.18. The molecule has 0 heterocycles. The lowest BCUT2D eigenvalue weighted by Gasteiger charge is -2.17. The van der Waals surface area contributed by atoms with Gasteiger partial charge in [0.25, 0.3) is 0 Å². The zero-order valence-corrected chi connectivity index (χ0v) is 17.2. The number of nitrogens with one attached hydrogen (secondary N) is 1. The molecule has 0 aliphatic heterocycles. The van der Waals surface area contributed by atoms with Crippen molar-refractivity contribution in [2.45, 2.75) is 18.4 Å². The van der Waals surface area contributed by atoms with E-state index in [1.807, 2.05) is 48.5 Å². The molecule has 0 fully saturated rings. The highest BCUT2D eigenvalue weighted by atomic mass is 16.5. The summed E-state index contributed by atoms with van der Waals surface area (Å²) in [6, 6.07) is 20.8. The molecular weight excluding hydrogens is 408 g/mol. The number of carbonyl (C=O) groups excluding carboxylic acids is 2. The minimum atomic E-state index is -1.43. The lowest BCUT2D eigenvalue weighted by atomic mass is 9.98. The van der Waals surface area contributed by atoms with Gasteiger partial charge in [-0.3, -0.25) is 4.79 Å². The molecule has 32 heavy (non-hydrogen) atoms. The lowest BCUT2D eigenvalue weighted by Crippen LogP contribution is -2.42. The lowest BCUT2D eigenvalue weighted by molar-refractivity contribution is -0.139. The summed E-state index contributed by atoms with van der Waals surface area (Å²) in [5.74, 6) is -1.96. The summed E-state index contributed by atoms with van der Waals surface area (Å²) in [4.78, 5) is 36.5. The maximum atomic E-state index is 12.5. The zero-order chi connectivity index (χ0) is 22.7. The van der Waals surface area contributed by atoms with E-state index in [1.54, 1.807) is 18.2 Å².